The molecule has 1 aliphatic heterocycles. The minimum atomic E-state index is -0.361. The Hall–Kier alpha value is -1.62. The van der Waals surface area contributed by atoms with Crippen LogP contribution in [-0.2, 0) is 0 Å². The van der Waals surface area contributed by atoms with Crippen molar-refractivity contribution >= 4 is 5.69 Å². The fourth-order valence-corrected chi connectivity index (χ4v) is 3.36. The second-order valence-corrected chi connectivity index (χ2v) is 6.41. The second-order valence-electron chi connectivity index (χ2n) is 6.41. The Morgan fingerprint density at radius 2 is 2.00 bits per heavy atom. The highest BCUT2D eigenvalue weighted by atomic mass is 16.6. The molecule has 0 unspecified atom stereocenters. The molecule has 1 N–H and O–H groups in total. The highest BCUT2D eigenvalue weighted by Gasteiger charge is 2.24. The zero-order valence-electron chi connectivity index (χ0n) is 13.1. The molecule has 0 radical (unpaired) electrons. The van der Waals surface area contributed by atoms with Crippen molar-refractivity contribution in [3.8, 4) is 5.75 Å². The van der Waals surface area contributed by atoms with Crippen LogP contribution in [0.15, 0.2) is 18.2 Å². The van der Waals surface area contributed by atoms with Crippen LogP contribution in [0.4, 0.5) is 5.69 Å². The van der Waals surface area contributed by atoms with E-state index in [-0.39, 0.29) is 10.6 Å². The fraction of sp³-hybridized carbons (Fsp3) is 0.625. The minimum Gasteiger partial charge on any atom is -0.488 e. The lowest BCUT2D eigenvalue weighted by Gasteiger charge is -2.31. The van der Waals surface area contributed by atoms with E-state index in [1.165, 1.54) is 25.6 Å². The Balaban J connectivity index is 1.83. The van der Waals surface area contributed by atoms with Crippen molar-refractivity contribution < 1.29 is 14.6 Å². The molecule has 5 nitrogen and oxygen atoms in total. The van der Waals surface area contributed by atoms with Gasteiger partial charge in [0.25, 0.3) is 5.69 Å². The summed E-state index contributed by atoms with van der Waals surface area (Å²) >= 11 is 0. The zero-order chi connectivity index (χ0) is 15.4. The molecular weight excluding hydrogens is 268 g/mol. The van der Waals surface area contributed by atoms with Crippen LogP contribution in [0.25, 0.3) is 0 Å². The standard InChI is InChI=1S/C16H24N2O3/c1-12-8-13(2)11-17(10-12)6-7-21-15-4-5-16(18(19)20)14(3)9-15/h4-5,9,12-13H,6-8,10-11H2,1-3H3/p+1/t12-,13-/m0/s1. The molecule has 1 aromatic rings. The molecule has 2 atom stereocenters. The van der Waals surface area contributed by atoms with Crippen molar-refractivity contribution in [1.29, 1.82) is 0 Å². The summed E-state index contributed by atoms with van der Waals surface area (Å²) in [7, 11) is 0. The quantitative estimate of drug-likeness (QED) is 0.666. The van der Waals surface area contributed by atoms with Gasteiger partial charge in [0, 0.05) is 23.5 Å². The number of ether oxygens (including phenoxy) is 1. The first-order chi connectivity index (χ1) is 9.95. The van der Waals surface area contributed by atoms with Gasteiger partial charge >= 0.3 is 0 Å². The van der Waals surface area contributed by atoms with Gasteiger partial charge in [0.05, 0.1) is 18.0 Å². The SMILES string of the molecule is Cc1cc(OCC[NH+]2C[C@@H](C)C[C@H](C)C2)ccc1[N+](=O)[O-]. The third-order valence-electron chi connectivity index (χ3n) is 4.17. The summed E-state index contributed by atoms with van der Waals surface area (Å²) < 4.78 is 5.75. The summed E-state index contributed by atoms with van der Waals surface area (Å²) in [6.45, 7) is 10.5. The number of nitrogens with one attached hydrogen (secondary N) is 1. The van der Waals surface area contributed by atoms with Crippen LogP contribution in [0.3, 0.4) is 0 Å². The fourth-order valence-electron chi connectivity index (χ4n) is 3.36. The minimum absolute atomic E-state index is 0.145. The van der Waals surface area contributed by atoms with E-state index in [2.05, 4.69) is 13.8 Å². The van der Waals surface area contributed by atoms with Crippen LogP contribution >= 0.6 is 0 Å². The van der Waals surface area contributed by atoms with E-state index in [0.717, 1.165) is 24.1 Å². The van der Waals surface area contributed by atoms with Gasteiger partial charge in [-0.25, -0.2) is 0 Å². The monoisotopic (exact) mass is 293 g/mol. The maximum Gasteiger partial charge on any atom is 0.272 e. The van der Waals surface area contributed by atoms with E-state index in [1.807, 2.05) is 0 Å². The molecular formula is C16H25N2O3+. The number of benzene rings is 1. The van der Waals surface area contributed by atoms with Crippen LogP contribution in [0.5, 0.6) is 5.75 Å². The van der Waals surface area contributed by atoms with Gasteiger partial charge < -0.3 is 9.64 Å². The van der Waals surface area contributed by atoms with Crippen molar-refractivity contribution in [2.24, 2.45) is 11.8 Å². The van der Waals surface area contributed by atoms with Crippen molar-refractivity contribution in [1.82, 2.24) is 0 Å². The Morgan fingerprint density at radius 3 is 2.57 bits per heavy atom. The van der Waals surface area contributed by atoms with E-state index in [1.54, 1.807) is 24.0 Å². The largest absolute Gasteiger partial charge is 0.488 e. The predicted octanol–water partition coefficient (Wildman–Crippen LogP) is 1.84. The highest BCUT2D eigenvalue weighted by molar-refractivity contribution is 5.44. The normalized spacial score (nSPS) is 25.6. The van der Waals surface area contributed by atoms with Gasteiger partial charge in [0.1, 0.15) is 18.9 Å². The average molecular weight is 293 g/mol. The first kappa shape index (κ1) is 15.8. The summed E-state index contributed by atoms with van der Waals surface area (Å²) in [6, 6.07) is 4.94. The number of aryl methyl sites for hydroxylation is 1. The average Bonchev–Trinajstić information content (AvgIpc) is 2.37. The van der Waals surface area contributed by atoms with Crippen LogP contribution in [-0.4, -0.2) is 31.2 Å². The maximum atomic E-state index is 10.8. The zero-order valence-corrected chi connectivity index (χ0v) is 13.1. The Bertz CT molecular complexity index is 494. The molecule has 116 valence electrons. The lowest BCUT2D eigenvalue weighted by molar-refractivity contribution is -0.912. The van der Waals surface area contributed by atoms with Crippen LogP contribution in [0.1, 0.15) is 25.8 Å². The lowest BCUT2D eigenvalue weighted by Crippen LogP contribution is -3.14. The number of quaternary nitrogens is 1. The molecule has 0 bridgehead atoms. The molecule has 1 aromatic carbocycles. The van der Waals surface area contributed by atoms with Crippen molar-refractivity contribution in [2.75, 3.05) is 26.2 Å². The molecule has 0 amide bonds. The van der Waals surface area contributed by atoms with E-state index in [4.69, 9.17) is 4.74 Å². The number of nitrogens with zero attached hydrogens (tertiary/aromatic N) is 1. The van der Waals surface area contributed by atoms with E-state index in [9.17, 15) is 10.1 Å². The number of hydrogen-bond donors (Lipinski definition) is 1. The first-order valence-electron chi connectivity index (χ1n) is 7.67. The number of nitro benzene ring substituents is 1. The van der Waals surface area contributed by atoms with E-state index >= 15 is 0 Å². The van der Waals surface area contributed by atoms with Gasteiger partial charge in [-0.2, -0.15) is 0 Å². The van der Waals surface area contributed by atoms with Crippen LogP contribution < -0.4 is 9.64 Å². The number of likely N-dealkylation sites (tertiary alicyclic amines) is 1. The first-order valence-corrected chi connectivity index (χ1v) is 7.67. The lowest BCUT2D eigenvalue weighted by atomic mass is 9.92. The molecule has 2 rings (SSSR count). The maximum absolute atomic E-state index is 10.8. The Labute approximate surface area is 126 Å². The van der Waals surface area contributed by atoms with Gasteiger partial charge in [-0.3, -0.25) is 10.1 Å². The van der Waals surface area contributed by atoms with Gasteiger partial charge in [-0.15, -0.1) is 0 Å². The third kappa shape index (κ3) is 4.43. The number of piperidine rings is 1. The molecule has 1 aliphatic rings. The summed E-state index contributed by atoms with van der Waals surface area (Å²) in [5.74, 6) is 2.28. The Kier molecular flexibility index (Phi) is 5.17. The molecule has 21 heavy (non-hydrogen) atoms. The van der Waals surface area contributed by atoms with Crippen molar-refractivity contribution in [3.63, 3.8) is 0 Å². The molecule has 0 saturated carbocycles. The number of nitro groups is 1. The van der Waals surface area contributed by atoms with Crippen LogP contribution in [0, 0.1) is 28.9 Å². The highest BCUT2D eigenvalue weighted by Crippen LogP contribution is 2.22. The Morgan fingerprint density at radius 1 is 1.33 bits per heavy atom. The number of rotatable bonds is 5. The molecule has 0 aliphatic carbocycles. The van der Waals surface area contributed by atoms with Gasteiger partial charge in [-0.05, 0) is 25.5 Å². The molecule has 1 fully saturated rings. The second kappa shape index (κ2) is 6.89. The van der Waals surface area contributed by atoms with Crippen molar-refractivity contribution in [3.05, 3.63) is 33.9 Å². The summed E-state index contributed by atoms with van der Waals surface area (Å²) in [5, 5.41) is 10.8. The summed E-state index contributed by atoms with van der Waals surface area (Å²) in [6.07, 6.45) is 1.33. The van der Waals surface area contributed by atoms with Crippen LogP contribution in [0.2, 0.25) is 0 Å². The number of hydrogen-bond acceptors (Lipinski definition) is 3. The van der Waals surface area contributed by atoms with Crippen molar-refractivity contribution in [2.45, 2.75) is 27.2 Å². The summed E-state index contributed by atoms with van der Waals surface area (Å²) in [4.78, 5) is 12.0. The topological polar surface area (TPSA) is 56.8 Å². The van der Waals surface area contributed by atoms with Gasteiger partial charge in [-0.1, -0.05) is 13.8 Å². The third-order valence-corrected chi connectivity index (χ3v) is 4.17. The molecule has 5 heteroatoms. The van der Waals surface area contributed by atoms with E-state index < -0.39 is 0 Å². The van der Waals surface area contributed by atoms with Gasteiger partial charge in [0.2, 0.25) is 0 Å². The smallest absolute Gasteiger partial charge is 0.272 e. The molecule has 0 spiro atoms. The molecule has 1 heterocycles. The molecule has 0 aromatic heterocycles. The molecule has 1 saturated heterocycles. The predicted molar refractivity (Wildman–Crippen MR) is 81.8 cm³/mol. The van der Waals surface area contributed by atoms with Gasteiger partial charge in [0.15, 0.2) is 0 Å². The summed E-state index contributed by atoms with van der Waals surface area (Å²) in [5.41, 5.74) is 0.789. The van der Waals surface area contributed by atoms with E-state index in [0.29, 0.717) is 12.2 Å².